The van der Waals surface area contributed by atoms with Crippen LogP contribution in [0.25, 0.3) is 5.69 Å². The van der Waals surface area contributed by atoms with E-state index in [2.05, 4.69) is 5.10 Å². The Balaban J connectivity index is 1.88. The summed E-state index contributed by atoms with van der Waals surface area (Å²) < 4.78 is 14.1. The maximum Gasteiger partial charge on any atom is 0.319 e. The average Bonchev–Trinajstić information content (AvgIpc) is 3.09. The number of hydrogen-bond acceptors (Lipinski definition) is 6. The Morgan fingerprint density at radius 3 is 2.62 bits per heavy atom. The third kappa shape index (κ3) is 5.03. The molecule has 0 saturated carbocycles. The van der Waals surface area contributed by atoms with Gasteiger partial charge in [-0.3, -0.25) is 14.3 Å². The minimum Gasteiger partial charge on any atom is -0.495 e. The van der Waals surface area contributed by atoms with Crippen molar-refractivity contribution in [3.05, 3.63) is 70.2 Å². The summed E-state index contributed by atoms with van der Waals surface area (Å²) in [6.07, 6.45) is 1.63. The minimum atomic E-state index is -0.354. The largest absolute Gasteiger partial charge is 0.495 e. The molecule has 0 aliphatic rings. The molecule has 0 radical (unpaired) electrons. The molecule has 1 heterocycles. The van der Waals surface area contributed by atoms with Gasteiger partial charge in [0.1, 0.15) is 12.1 Å². The van der Waals surface area contributed by atoms with E-state index in [1.807, 2.05) is 53.4 Å². The van der Waals surface area contributed by atoms with Gasteiger partial charge in [0.25, 0.3) is 0 Å². The number of benzene rings is 2. The van der Waals surface area contributed by atoms with Crippen LogP contribution < -0.4 is 4.74 Å². The number of carbonyl (C=O) groups is 1. The molecule has 2 aromatic carbocycles. The van der Waals surface area contributed by atoms with E-state index in [1.54, 1.807) is 22.7 Å². The third-order valence-corrected chi connectivity index (χ3v) is 5.12. The summed E-state index contributed by atoms with van der Waals surface area (Å²) in [5.41, 5.74) is 1.69. The van der Waals surface area contributed by atoms with Crippen molar-refractivity contribution in [2.75, 3.05) is 20.8 Å². The summed E-state index contributed by atoms with van der Waals surface area (Å²) >= 11 is 11.9. The Kier molecular flexibility index (Phi) is 7.03. The van der Waals surface area contributed by atoms with E-state index in [1.165, 1.54) is 7.11 Å². The predicted molar refractivity (Wildman–Crippen MR) is 113 cm³/mol. The predicted octanol–water partition coefficient (Wildman–Crippen LogP) is 3.70. The van der Waals surface area contributed by atoms with Crippen LogP contribution in [0.5, 0.6) is 5.75 Å². The molecule has 0 unspecified atom stereocenters. The van der Waals surface area contributed by atoms with E-state index >= 15 is 0 Å². The first-order valence-electron chi connectivity index (χ1n) is 8.84. The quantitative estimate of drug-likeness (QED) is 0.399. The normalized spacial score (nSPS) is 10.9. The fourth-order valence-corrected chi connectivity index (χ4v) is 3.33. The van der Waals surface area contributed by atoms with Gasteiger partial charge in [-0.05, 0) is 36.0 Å². The zero-order valence-electron chi connectivity index (χ0n) is 16.1. The smallest absolute Gasteiger partial charge is 0.319 e. The molecule has 29 heavy (non-hydrogen) atoms. The maximum absolute atomic E-state index is 11.9. The van der Waals surface area contributed by atoms with Gasteiger partial charge in [0.15, 0.2) is 0 Å². The van der Waals surface area contributed by atoms with Crippen LogP contribution in [0, 0.1) is 4.77 Å². The molecule has 3 rings (SSSR count). The lowest BCUT2D eigenvalue weighted by Gasteiger charge is -2.21. The topological polar surface area (TPSA) is 61.5 Å². The van der Waals surface area contributed by atoms with E-state index in [-0.39, 0.29) is 12.5 Å². The van der Waals surface area contributed by atoms with Gasteiger partial charge in [0.05, 0.1) is 33.1 Å². The van der Waals surface area contributed by atoms with E-state index in [4.69, 9.17) is 33.3 Å². The molecular formula is C20H21ClN4O3S. The number of rotatable bonds is 8. The molecule has 3 aromatic rings. The minimum absolute atomic E-state index is 0.0744. The summed E-state index contributed by atoms with van der Waals surface area (Å²) in [7, 11) is 2.96. The van der Waals surface area contributed by atoms with Crippen molar-refractivity contribution in [1.29, 1.82) is 0 Å². The van der Waals surface area contributed by atoms with Crippen LogP contribution in [-0.4, -0.2) is 46.0 Å². The summed E-state index contributed by atoms with van der Waals surface area (Å²) in [6, 6.07) is 15.0. The number of halogens is 1. The highest BCUT2D eigenvalue weighted by molar-refractivity contribution is 7.71. The van der Waals surface area contributed by atoms with Crippen molar-refractivity contribution in [1.82, 2.24) is 19.2 Å². The lowest BCUT2D eigenvalue weighted by Crippen LogP contribution is -2.32. The number of carbonyl (C=O) groups excluding carboxylic acids is 1. The van der Waals surface area contributed by atoms with Crippen LogP contribution in [0.1, 0.15) is 5.56 Å². The zero-order valence-corrected chi connectivity index (χ0v) is 17.7. The van der Waals surface area contributed by atoms with E-state index < -0.39 is 0 Å². The molecule has 0 spiro atoms. The Labute approximate surface area is 179 Å². The number of esters is 1. The number of hydrogen-bond donors (Lipinski definition) is 0. The van der Waals surface area contributed by atoms with E-state index in [0.29, 0.717) is 28.8 Å². The van der Waals surface area contributed by atoms with Gasteiger partial charge in [-0.15, -0.1) is 0 Å². The van der Waals surface area contributed by atoms with Crippen molar-refractivity contribution < 1.29 is 14.3 Å². The second kappa shape index (κ2) is 9.69. The van der Waals surface area contributed by atoms with Crippen molar-refractivity contribution in [2.45, 2.75) is 13.2 Å². The fourth-order valence-electron chi connectivity index (χ4n) is 2.89. The van der Waals surface area contributed by atoms with Crippen molar-refractivity contribution in [3.8, 4) is 11.4 Å². The summed E-state index contributed by atoms with van der Waals surface area (Å²) in [6.45, 7) is 0.810. The van der Waals surface area contributed by atoms with Gasteiger partial charge in [0, 0.05) is 11.6 Å². The second-order valence-corrected chi connectivity index (χ2v) is 7.02. The molecule has 0 atom stereocenters. The number of nitrogens with zero attached hydrogens (tertiary/aromatic N) is 4. The van der Waals surface area contributed by atoms with E-state index in [9.17, 15) is 4.79 Å². The van der Waals surface area contributed by atoms with Crippen molar-refractivity contribution in [2.24, 2.45) is 0 Å². The van der Waals surface area contributed by atoms with Crippen LogP contribution in [0.4, 0.5) is 0 Å². The molecular weight excluding hydrogens is 412 g/mol. The maximum atomic E-state index is 11.9. The molecule has 7 nitrogen and oxygen atoms in total. The van der Waals surface area contributed by atoms with Crippen LogP contribution in [0.15, 0.2) is 54.9 Å². The molecule has 0 amide bonds. The van der Waals surface area contributed by atoms with Gasteiger partial charge >= 0.3 is 5.97 Å². The lowest BCUT2D eigenvalue weighted by atomic mass is 10.2. The van der Waals surface area contributed by atoms with Crippen LogP contribution in [0.3, 0.4) is 0 Å². The van der Waals surface area contributed by atoms with E-state index in [0.717, 1.165) is 11.3 Å². The Morgan fingerprint density at radius 1 is 1.17 bits per heavy atom. The molecule has 0 saturated heterocycles. The first-order chi connectivity index (χ1) is 14.0. The fraction of sp³-hybridized carbons (Fsp3) is 0.250. The molecule has 0 aliphatic heterocycles. The number of para-hydroxylation sites is 2. The van der Waals surface area contributed by atoms with Gasteiger partial charge < -0.3 is 9.47 Å². The summed E-state index contributed by atoms with van der Waals surface area (Å²) in [5.74, 6) is 0.332. The zero-order chi connectivity index (χ0) is 20.8. The first kappa shape index (κ1) is 21.0. The van der Waals surface area contributed by atoms with Gasteiger partial charge in [-0.1, -0.05) is 41.9 Å². The molecule has 0 N–H and O–H groups in total. The summed E-state index contributed by atoms with van der Waals surface area (Å²) in [4.78, 5) is 13.8. The number of methoxy groups -OCH3 is 2. The second-order valence-electron chi connectivity index (χ2n) is 6.25. The first-order valence-corrected chi connectivity index (χ1v) is 9.62. The highest BCUT2D eigenvalue weighted by Crippen LogP contribution is 2.22. The number of aromatic nitrogens is 3. The van der Waals surface area contributed by atoms with Gasteiger partial charge in [-0.25, -0.2) is 4.68 Å². The lowest BCUT2D eigenvalue weighted by molar-refractivity contribution is -0.142. The van der Waals surface area contributed by atoms with Crippen molar-refractivity contribution >= 4 is 29.8 Å². The molecule has 1 aromatic heterocycles. The van der Waals surface area contributed by atoms with Crippen LogP contribution in [-0.2, 0) is 22.7 Å². The third-order valence-electron chi connectivity index (χ3n) is 4.34. The summed E-state index contributed by atoms with van der Waals surface area (Å²) in [5, 5.41) is 5.03. The van der Waals surface area contributed by atoms with Gasteiger partial charge in [-0.2, -0.15) is 5.10 Å². The molecule has 0 bridgehead atoms. The van der Waals surface area contributed by atoms with Crippen LogP contribution >= 0.6 is 23.8 Å². The number of ether oxygens (including phenoxy) is 2. The highest BCUT2D eigenvalue weighted by atomic mass is 35.5. The molecule has 0 fully saturated rings. The Bertz CT molecular complexity index is 1050. The molecule has 9 heteroatoms. The molecule has 152 valence electrons. The SMILES string of the molecule is COC(=O)CN(Cc1ccccc1Cl)Cn1ncn(-c2ccccc2OC)c1=S. The van der Waals surface area contributed by atoms with Crippen molar-refractivity contribution in [3.63, 3.8) is 0 Å². The standard InChI is InChI=1S/C20H21ClN4O3S/c1-27-18-10-6-5-9-17(18)24-13-22-25(20(24)29)14-23(12-19(26)28-2)11-15-7-3-4-8-16(15)21/h3-10,13H,11-12,14H2,1-2H3. The highest BCUT2D eigenvalue weighted by Gasteiger charge is 2.16. The monoisotopic (exact) mass is 432 g/mol. The molecule has 0 aliphatic carbocycles. The average molecular weight is 433 g/mol. The Hall–Kier alpha value is -2.68. The Morgan fingerprint density at radius 2 is 1.90 bits per heavy atom. The van der Waals surface area contributed by atoms with Gasteiger partial charge in [0.2, 0.25) is 4.77 Å². The van der Waals surface area contributed by atoms with Crippen LogP contribution in [0.2, 0.25) is 5.02 Å².